The molecule has 2 heteroatoms. The molecule has 0 aliphatic rings. The molecule has 0 radical (unpaired) electrons. The number of hydrogen-bond acceptors (Lipinski definition) is 2. The molecular formula is C17H20O2. The molecule has 0 bridgehead atoms. The molecule has 0 fully saturated rings. The zero-order valence-electron chi connectivity index (χ0n) is 11.5. The van der Waals surface area contributed by atoms with Crippen LogP contribution in [0.25, 0.3) is 0 Å². The molecule has 0 spiro atoms. The fourth-order valence-corrected chi connectivity index (χ4v) is 2.41. The summed E-state index contributed by atoms with van der Waals surface area (Å²) >= 11 is 0. The van der Waals surface area contributed by atoms with Crippen molar-refractivity contribution in [3.63, 3.8) is 0 Å². The first-order chi connectivity index (χ1) is 9.36. The third kappa shape index (κ3) is 3.43. The summed E-state index contributed by atoms with van der Waals surface area (Å²) < 4.78 is 11.1. The minimum atomic E-state index is 0.00329. The third-order valence-corrected chi connectivity index (χ3v) is 3.32. The molecule has 0 saturated heterocycles. The molecule has 2 atom stereocenters. The van der Waals surface area contributed by atoms with Crippen molar-refractivity contribution in [3.05, 3.63) is 71.8 Å². The molecule has 2 aromatic carbocycles. The fraction of sp³-hybridized carbons (Fsp3) is 0.294. The van der Waals surface area contributed by atoms with Crippen molar-refractivity contribution in [2.45, 2.75) is 12.0 Å². The van der Waals surface area contributed by atoms with Crippen LogP contribution in [0.5, 0.6) is 0 Å². The zero-order chi connectivity index (χ0) is 13.5. The van der Waals surface area contributed by atoms with Crippen LogP contribution in [-0.2, 0) is 9.47 Å². The lowest BCUT2D eigenvalue weighted by Gasteiger charge is -2.26. The average Bonchev–Trinajstić information content (AvgIpc) is 2.49. The second kappa shape index (κ2) is 7.07. The van der Waals surface area contributed by atoms with Crippen molar-refractivity contribution >= 4 is 0 Å². The maximum absolute atomic E-state index is 5.73. The number of benzene rings is 2. The molecule has 0 aliphatic heterocycles. The van der Waals surface area contributed by atoms with Crippen molar-refractivity contribution in [1.82, 2.24) is 0 Å². The number of ether oxygens (including phenoxy) is 2. The largest absolute Gasteiger partial charge is 0.384 e. The van der Waals surface area contributed by atoms with Gasteiger partial charge in [-0.3, -0.25) is 0 Å². The van der Waals surface area contributed by atoms with Crippen LogP contribution in [0.15, 0.2) is 60.7 Å². The third-order valence-electron chi connectivity index (χ3n) is 3.32. The molecule has 0 amide bonds. The molecule has 100 valence electrons. The average molecular weight is 256 g/mol. The van der Waals surface area contributed by atoms with Crippen LogP contribution < -0.4 is 0 Å². The minimum Gasteiger partial charge on any atom is -0.384 e. The van der Waals surface area contributed by atoms with Crippen molar-refractivity contribution in [1.29, 1.82) is 0 Å². The Balaban J connectivity index is 2.31. The summed E-state index contributed by atoms with van der Waals surface area (Å²) in [4.78, 5) is 0. The maximum atomic E-state index is 5.73. The molecule has 0 aliphatic carbocycles. The molecule has 2 unspecified atom stereocenters. The predicted octanol–water partition coefficient (Wildman–Crippen LogP) is 3.80. The van der Waals surface area contributed by atoms with E-state index < -0.39 is 0 Å². The normalized spacial score (nSPS) is 14.0. The summed E-state index contributed by atoms with van der Waals surface area (Å²) in [6.07, 6.45) is 0.00329. The minimum absolute atomic E-state index is 0.00329. The molecule has 0 heterocycles. The summed E-state index contributed by atoms with van der Waals surface area (Å²) in [7, 11) is 3.48. The topological polar surface area (TPSA) is 18.5 Å². The van der Waals surface area contributed by atoms with E-state index in [2.05, 4.69) is 36.4 Å². The smallest absolute Gasteiger partial charge is 0.0911 e. The molecule has 0 N–H and O–H groups in total. The van der Waals surface area contributed by atoms with Crippen LogP contribution in [0.3, 0.4) is 0 Å². The van der Waals surface area contributed by atoms with Gasteiger partial charge >= 0.3 is 0 Å². The lowest BCUT2D eigenvalue weighted by atomic mass is 9.89. The predicted molar refractivity (Wildman–Crippen MR) is 77.3 cm³/mol. The Morgan fingerprint density at radius 3 is 1.79 bits per heavy atom. The van der Waals surface area contributed by atoms with Crippen LogP contribution >= 0.6 is 0 Å². The van der Waals surface area contributed by atoms with E-state index in [0.717, 1.165) is 0 Å². The molecule has 0 saturated carbocycles. The molecular weight excluding hydrogens is 236 g/mol. The number of hydrogen-bond donors (Lipinski definition) is 0. The first-order valence-electron chi connectivity index (χ1n) is 6.48. The van der Waals surface area contributed by atoms with Gasteiger partial charge in [0.15, 0.2) is 0 Å². The van der Waals surface area contributed by atoms with Gasteiger partial charge in [-0.1, -0.05) is 60.7 Å². The highest BCUT2D eigenvalue weighted by molar-refractivity contribution is 5.27. The van der Waals surface area contributed by atoms with E-state index >= 15 is 0 Å². The Morgan fingerprint density at radius 2 is 1.32 bits per heavy atom. The standard InChI is InChI=1S/C17H20O2/c1-18-13-16(14-9-5-3-6-10-14)17(19-2)15-11-7-4-8-12-15/h3-12,16-17H,13H2,1-2H3. The van der Waals surface area contributed by atoms with E-state index in [0.29, 0.717) is 6.61 Å². The van der Waals surface area contributed by atoms with Crippen LogP contribution in [0, 0.1) is 0 Å². The summed E-state index contributed by atoms with van der Waals surface area (Å²) in [5, 5.41) is 0. The van der Waals surface area contributed by atoms with Gasteiger partial charge in [-0.15, -0.1) is 0 Å². The molecule has 0 aromatic heterocycles. The maximum Gasteiger partial charge on any atom is 0.0911 e. The lowest BCUT2D eigenvalue weighted by Crippen LogP contribution is -2.18. The van der Waals surface area contributed by atoms with Crippen LogP contribution in [0.2, 0.25) is 0 Å². The van der Waals surface area contributed by atoms with Crippen molar-refractivity contribution in [2.24, 2.45) is 0 Å². The lowest BCUT2D eigenvalue weighted by molar-refractivity contribution is 0.0448. The number of rotatable bonds is 6. The molecule has 2 rings (SSSR count). The highest BCUT2D eigenvalue weighted by Crippen LogP contribution is 2.33. The first-order valence-corrected chi connectivity index (χ1v) is 6.48. The first kappa shape index (κ1) is 13.8. The zero-order valence-corrected chi connectivity index (χ0v) is 11.5. The summed E-state index contributed by atoms with van der Waals surface area (Å²) in [5.74, 6) is 0.193. The Morgan fingerprint density at radius 1 is 0.789 bits per heavy atom. The van der Waals surface area contributed by atoms with E-state index in [-0.39, 0.29) is 12.0 Å². The van der Waals surface area contributed by atoms with Crippen LogP contribution in [0.4, 0.5) is 0 Å². The van der Waals surface area contributed by atoms with Crippen molar-refractivity contribution < 1.29 is 9.47 Å². The second-order valence-electron chi connectivity index (χ2n) is 4.54. The Hall–Kier alpha value is -1.64. The van der Waals surface area contributed by atoms with Gasteiger partial charge in [-0.2, -0.15) is 0 Å². The van der Waals surface area contributed by atoms with Crippen molar-refractivity contribution in [2.75, 3.05) is 20.8 Å². The van der Waals surface area contributed by atoms with Gasteiger partial charge in [-0.25, -0.2) is 0 Å². The van der Waals surface area contributed by atoms with Gasteiger partial charge < -0.3 is 9.47 Å². The van der Waals surface area contributed by atoms with E-state index in [1.807, 2.05) is 24.3 Å². The monoisotopic (exact) mass is 256 g/mol. The van der Waals surface area contributed by atoms with Crippen LogP contribution in [0.1, 0.15) is 23.1 Å². The van der Waals surface area contributed by atoms with E-state index in [4.69, 9.17) is 9.47 Å². The highest BCUT2D eigenvalue weighted by Gasteiger charge is 2.24. The van der Waals surface area contributed by atoms with Crippen molar-refractivity contribution in [3.8, 4) is 0 Å². The molecule has 2 aromatic rings. The highest BCUT2D eigenvalue weighted by atomic mass is 16.5. The van der Waals surface area contributed by atoms with Gasteiger partial charge in [0, 0.05) is 20.1 Å². The Labute approximate surface area is 115 Å². The van der Waals surface area contributed by atoms with Crippen LogP contribution in [-0.4, -0.2) is 20.8 Å². The van der Waals surface area contributed by atoms with Gasteiger partial charge in [0.05, 0.1) is 12.7 Å². The summed E-state index contributed by atoms with van der Waals surface area (Å²) in [5.41, 5.74) is 2.41. The van der Waals surface area contributed by atoms with Gasteiger partial charge in [0.1, 0.15) is 0 Å². The SMILES string of the molecule is COCC(c1ccccc1)C(OC)c1ccccc1. The summed E-state index contributed by atoms with van der Waals surface area (Å²) in [6, 6.07) is 20.7. The number of methoxy groups -OCH3 is 2. The van der Waals surface area contributed by atoms with Gasteiger partial charge in [-0.05, 0) is 11.1 Å². The fourth-order valence-electron chi connectivity index (χ4n) is 2.41. The van der Waals surface area contributed by atoms with E-state index in [9.17, 15) is 0 Å². The van der Waals surface area contributed by atoms with Gasteiger partial charge in [0.2, 0.25) is 0 Å². The quantitative estimate of drug-likeness (QED) is 0.782. The molecule has 19 heavy (non-hydrogen) atoms. The van der Waals surface area contributed by atoms with Gasteiger partial charge in [0.25, 0.3) is 0 Å². The summed E-state index contributed by atoms with van der Waals surface area (Å²) in [6.45, 7) is 0.636. The van der Waals surface area contributed by atoms with E-state index in [1.54, 1.807) is 14.2 Å². The Bertz CT molecular complexity index is 467. The second-order valence-corrected chi connectivity index (χ2v) is 4.54. The van der Waals surface area contributed by atoms with E-state index in [1.165, 1.54) is 11.1 Å². The Kier molecular flexibility index (Phi) is 5.13. The molecule has 2 nitrogen and oxygen atoms in total.